The second-order valence-corrected chi connectivity index (χ2v) is 6.90. The Morgan fingerprint density at radius 2 is 2.00 bits per heavy atom. The van der Waals surface area contributed by atoms with E-state index in [1.165, 1.54) is 4.90 Å². The first-order chi connectivity index (χ1) is 13.5. The maximum Gasteiger partial charge on any atom is 0.268 e. The summed E-state index contributed by atoms with van der Waals surface area (Å²) in [6.45, 7) is 2.24. The summed E-state index contributed by atoms with van der Waals surface area (Å²) in [5.74, 6) is 0.0948. The van der Waals surface area contributed by atoms with Gasteiger partial charge in [0.25, 0.3) is 5.91 Å². The maximum atomic E-state index is 12.6. The molecule has 3 amide bonds. The standard InChI is InChI=1S/C21H21N3O4/c1-14-21(27)24(17-8-2-3-9-18(17)28-14)13-19(25)22-15-6-4-7-16(12-15)23-11-5-10-20(23)26/h2-4,6-9,12,14H,5,10-11,13H2,1H3,(H,22,25). The first-order valence-electron chi connectivity index (χ1n) is 9.30. The van der Waals surface area contributed by atoms with E-state index in [0.717, 1.165) is 12.1 Å². The van der Waals surface area contributed by atoms with Crippen molar-refractivity contribution in [2.75, 3.05) is 28.2 Å². The lowest BCUT2D eigenvalue weighted by atomic mass is 10.2. The molecule has 1 unspecified atom stereocenters. The van der Waals surface area contributed by atoms with Crippen LogP contribution < -0.4 is 19.9 Å². The quantitative estimate of drug-likeness (QED) is 0.886. The summed E-state index contributed by atoms with van der Waals surface area (Å²) in [7, 11) is 0. The molecule has 0 saturated carbocycles. The van der Waals surface area contributed by atoms with Crippen LogP contribution in [-0.2, 0) is 14.4 Å². The molecule has 7 heteroatoms. The molecule has 0 aliphatic carbocycles. The van der Waals surface area contributed by atoms with E-state index in [1.807, 2.05) is 12.1 Å². The van der Waals surface area contributed by atoms with Gasteiger partial charge in [-0.25, -0.2) is 0 Å². The van der Waals surface area contributed by atoms with Gasteiger partial charge in [0, 0.05) is 24.3 Å². The van der Waals surface area contributed by atoms with E-state index in [-0.39, 0.29) is 24.3 Å². The fourth-order valence-electron chi connectivity index (χ4n) is 3.54. The average molecular weight is 379 g/mol. The lowest BCUT2D eigenvalue weighted by Crippen LogP contribution is -2.47. The second kappa shape index (κ2) is 7.34. The van der Waals surface area contributed by atoms with Crippen molar-refractivity contribution in [3.63, 3.8) is 0 Å². The molecule has 144 valence electrons. The summed E-state index contributed by atoms with van der Waals surface area (Å²) < 4.78 is 5.60. The zero-order valence-electron chi connectivity index (χ0n) is 15.6. The van der Waals surface area contributed by atoms with Gasteiger partial charge in [0.2, 0.25) is 11.8 Å². The molecule has 2 aliphatic heterocycles. The van der Waals surface area contributed by atoms with Gasteiger partial charge in [0.15, 0.2) is 6.10 Å². The molecule has 0 bridgehead atoms. The fourth-order valence-corrected chi connectivity index (χ4v) is 3.54. The highest BCUT2D eigenvalue weighted by Crippen LogP contribution is 2.33. The monoisotopic (exact) mass is 379 g/mol. The summed E-state index contributed by atoms with van der Waals surface area (Å²) >= 11 is 0. The van der Waals surface area contributed by atoms with Crippen LogP contribution in [0, 0.1) is 0 Å². The number of hydrogen-bond acceptors (Lipinski definition) is 4. The van der Waals surface area contributed by atoms with Crippen molar-refractivity contribution in [2.24, 2.45) is 0 Å². The van der Waals surface area contributed by atoms with E-state index in [0.29, 0.717) is 30.1 Å². The molecular formula is C21H21N3O4. The zero-order valence-corrected chi connectivity index (χ0v) is 15.6. The molecule has 28 heavy (non-hydrogen) atoms. The molecular weight excluding hydrogens is 358 g/mol. The topological polar surface area (TPSA) is 79.0 Å². The van der Waals surface area contributed by atoms with Crippen molar-refractivity contribution in [2.45, 2.75) is 25.9 Å². The van der Waals surface area contributed by atoms with Crippen molar-refractivity contribution in [3.8, 4) is 5.75 Å². The summed E-state index contributed by atoms with van der Waals surface area (Å²) in [5.41, 5.74) is 1.93. The SMILES string of the molecule is CC1Oc2ccccc2N(CC(=O)Nc2cccc(N3CCCC3=O)c2)C1=O. The van der Waals surface area contributed by atoms with Gasteiger partial charge >= 0.3 is 0 Å². The van der Waals surface area contributed by atoms with Crippen molar-refractivity contribution < 1.29 is 19.1 Å². The molecule has 2 heterocycles. The molecule has 2 aromatic carbocycles. The number of amides is 3. The molecule has 1 atom stereocenters. The number of hydrogen-bond donors (Lipinski definition) is 1. The zero-order chi connectivity index (χ0) is 19.7. The number of anilines is 3. The molecule has 0 aromatic heterocycles. The number of fused-ring (bicyclic) bond motifs is 1. The van der Waals surface area contributed by atoms with Crippen LogP contribution in [0.4, 0.5) is 17.1 Å². The Hall–Kier alpha value is -3.35. The number of benzene rings is 2. The summed E-state index contributed by atoms with van der Waals surface area (Å²) in [6.07, 6.45) is 0.742. The number of ether oxygens (including phenoxy) is 1. The highest BCUT2D eigenvalue weighted by atomic mass is 16.5. The Morgan fingerprint density at radius 3 is 2.79 bits per heavy atom. The third-order valence-electron chi connectivity index (χ3n) is 4.89. The van der Waals surface area contributed by atoms with E-state index in [2.05, 4.69) is 5.32 Å². The van der Waals surface area contributed by atoms with Gasteiger partial charge in [-0.05, 0) is 43.7 Å². The van der Waals surface area contributed by atoms with Gasteiger partial charge in [0.05, 0.1) is 5.69 Å². The third-order valence-corrected chi connectivity index (χ3v) is 4.89. The van der Waals surface area contributed by atoms with E-state index < -0.39 is 6.10 Å². The van der Waals surface area contributed by atoms with E-state index in [9.17, 15) is 14.4 Å². The van der Waals surface area contributed by atoms with Crippen LogP contribution in [0.2, 0.25) is 0 Å². The van der Waals surface area contributed by atoms with Gasteiger partial charge in [0.1, 0.15) is 12.3 Å². The van der Waals surface area contributed by atoms with Crippen molar-refractivity contribution >= 4 is 34.8 Å². The second-order valence-electron chi connectivity index (χ2n) is 6.90. The molecule has 1 N–H and O–H groups in total. The summed E-state index contributed by atoms with van der Waals surface area (Å²) in [6, 6.07) is 14.3. The molecule has 2 aliphatic rings. The number of nitrogens with zero attached hydrogens (tertiary/aromatic N) is 2. The van der Waals surface area contributed by atoms with E-state index in [1.54, 1.807) is 48.2 Å². The van der Waals surface area contributed by atoms with E-state index in [4.69, 9.17) is 4.74 Å². The number of para-hydroxylation sites is 2. The molecule has 0 radical (unpaired) electrons. The maximum absolute atomic E-state index is 12.6. The van der Waals surface area contributed by atoms with Crippen LogP contribution in [-0.4, -0.2) is 36.9 Å². The summed E-state index contributed by atoms with van der Waals surface area (Å²) in [4.78, 5) is 40.2. The molecule has 1 saturated heterocycles. The predicted molar refractivity (Wildman–Crippen MR) is 106 cm³/mol. The van der Waals surface area contributed by atoms with Crippen LogP contribution in [0.5, 0.6) is 5.75 Å². The van der Waals surface area contributed by atoms with Crippen LogP contribution in [0.15, 0.2) is 48.5 Å². The van der Waals surface area contributed by atoms with Gasteiger partial charge in [-0.1, -0.05) is 18.2 Å². The minimum atomic E-state index is -0.646. The van der Waals surface area contributed by atoms with Crippen molar-refractivity contribution in [1.82, 2.24) is 0 Å². The van der Waals surface area contributed by atoms with Crippen LogP contribution >= 0.6 is 0 Å². The lowest BCUT2D eigenvalue weighted by Gasteiger charge is -2.32. The number of nitrogens with one attached hydrogen (secondary N) is 1. The van der Waals surface area contributed by atoms with Gasteiger partial charge in [-0.15, -0.1) is 0 Å². The predicted octanol–water partition coefficient (Wildman–Crippen LogP) is 2.57. The van der Waals surface area contributed by atoms with E-state index >= 15 is 0 Å². The number of carbonyl (C=O) groups excluding carboxylic acids is 3. The van der Waals surface area contributed by atoms with Gasteiger partial charge in [-0.3, -0.25) is 19.3 Å². The highest BCUT2D eigenvalue weighted by molar-refractivity contribution is 6.06. The Bertz CT molecular complexity index is 943. The van der Waals surface area contributed by atoms with Crippen molar-refractivity contribution in [3.05, 3.63) is 48.5 Å². The van der Waals surface area contributed by atoms with Gasteiger partial charge < -0.3 is 15.0 Å². The van der Waals surface area contributed by atoms with Crippen LogP contribution in [0.1, 0.15) is 19.8 Å². The molecule has 1 fully saturated rings. The molecule has 2 aromatic rings. The minimum Gasteiger partial charge on any atom is -0.479 e. The van der Waals surface area contributed by atoms with Gasteiger partial charge in [-0.2, -0.15) is 0 Å². The minimum absolute atomic E-state index is 0.0907. The Balaban J connectivity index is 1.49. The average Bonchev–Trinajstić information content (AvgIpc) is 3.11. The third kappa shape index (κ3) is 3.43. The molecule has 0 spiro atoms. The van der Waals surface area contributed by atoms with Crippen LogP contribution in [0.25, 0.3) is 0 Å². The Labute approximate surface area is 162 Å². The smallest absolute Gasteiger partial charge is 0.268 e. The number of carbonyl (C=O) groups is 3. The molecule has 7 nitrogen and oxygen atoms in total. The fraction of sp³-hybridized carbons (Fsp3) is 0.286. The number of rotatable bonds is 4. The Morgan fingerprint density at radius 1 is 1.18 bits per heavy atom. The molecule has 4 rings (SSSR count). The first-order valence-corrected chi connectivity index (χ1v) is 9.30. The van der Waals surface area contributed by atoms with Crippen molar-refractivity contribution in [1.29, 1.82) is 0 Å². The van der Waals surface area contributed by atoms with Crippen LogP contribution in [0.3, 0.4) is 0 Å². The summed E-state index contributed by atoms with van der Waals surface area (Å²) in [5, 5.41) is 2.82. The largest absolute Gasteiger partial charge is 0.479 e. The lowest BCUT2D eigenvalue weighted by molar-refractivity contribution is -0.127. The Kier molecular flexibility index (Phi) is 4.73. The normalized spacial score (nSPS) is 18.7. The first kappa shape index (κ1) is 18.0. The highest BCUT2D eigenvalue weighted by Gasteiger charge is 2.32.